The van der Waals surface area contributed by atoms with E-state index in [-0.39, 0.29) is 24.4 Å². The van der Waals surface area contributed by atoms with Gasteiger partial charge in [-0.3, -0.25) is 9.98 Å². The van der Waals surface area contributed by atoms with E-state index in [9.17, 15) is 5.11 Å². The van der Waals surface area contributed by atoms with Crippen LogP contribution in [0.5, 0.6) is 0 Å². The maximum Gasteiger partial charge on any atom is 0.227 e. The van der Waals surface area contributed by atoms with Gasteiger partial charge in [-0.2, -0.15) is 4.98 Å². The van der Waals surface area contributed by atoms with Crippen LogP contribution in [-0.4, -0.2) is 88.5 Å². The summed E-state index contributed by atoms with van der Waals surface area (Å²) < 4.78 is 11.8. The van der Waals surface area contributed by atoms with Crippen molar-refractivity contribution in [3.63, 3.8) is 0 Å². The topological polar surface area (TPSA) is 108 Å². The zero-order valence-electron chi connectivity index (χ0n) is 21.9. The number of hydrogen-bond acceptors (Lipinski definition) is 10. The first kappa shape index (κ1) is 25.1. The van der Waals surface area contributed by atoms with Gasteiger partial charge in [0, 0.05) is 38.0 Å². The Labute approximate surface area is 213 Å². The molecule has 2 unspecified atom stereocenters. The van der Waals surface area contributed by atoms with Gasteiger partial charge in [-0.25, -0.2) is 4.98 Å². The third kappa shape index (κ3) is 5.26. The van der Waals surface area contributed by atoms with Gasteiger partial charge in [0.1, 0.15) is 29.6 Å². The van der Waals surface area contributed by atoms with Gasteiger partial charge in [0.2, 0.25) is 5.95 Å². The zero-order valence-corrected chi connectivity index (χ0v) is 21.9. The molecule has 5 rings (SSSR count). The van der Waals surface area contributed by atoms with Crippen LogP contribution in [0.1, 0.15) is 53.4 Å². The highest BCUT2D eigenvalue weighted by molar-refractivity contribution is 6.06. The third-order valence-electron chi connectivity index (χ3n) is 7.39. The van der Waals surface area contributed by atoms with Crippen LogP contribution in [0.15, 0.2) is 34.0 Å². The number of nitrogens with one attached hydrogen (secondary N) is 1. The summed E-state index contributed by atoms with van der Waals surface area (Å²) in [5.74, 6) is 3.25. The minimum atomic E-state index is -0.414. The average Bonchev–Trinajstić information content (AvgIpc) is 3.17. The number of dihydropyridines is 1. The molecule has 0 spiro atoms. The van der Waals surface area contributed by atoms with Gasteiger partial charge in [-0.15, -0.1) is 0 Å². The highest BCUT2D eigenvalue weighted by atomic mass is 16.7. The molecule has 2 N–H and O–H groups in total. The number of anilines is 2. The van der Waals surface area contributed by atoms with E-state index in [0.29, 0.717) is 24.9 Å². The predicted octanol–water partition coefficient (Wildman–Crippen LogP) is 2.82. The van der Waals surface area contributed by atoms with Crippen LogP contribution in [0.2, 0.25) is 0 Å². The lowest BCUT2D eigenvalue weighted by atomic mass is 9.95. The molecule has 2 fully saturated rings. The van der Waals surface area contributed by atoms with E-state index in [4.69, 9.17) is 24.4 Å². The molecule has 4 atom stereocenters. The highest BCUT2D eigenvalue weighted by Crippen LogP contribution is 2.36. The van der Waals surface area contributed by atoms with Gasteiger partial charge in [-0.1, -0.05) is 6.92 Å². The maximum atomic E-state index is 10.1. The molecule has 2 saturated heterocycles. The molecule has 10 nitrogen and oxygen atoms in total. The number of amidine groups is 2. The number of aliphatic hydroxyl groups is 1. The van der Waals surface area contributed by atoms with E-state index in [0.717, 1.165) is 62.7 Å². The molecule has 0 saturated carbocycles. The van der Waals surface area contributed by atoms with Crippen LogP contribution in [0.25, 0.3) is 0 Å². The summed E-state index contributed by atoms with van der Waals surface area (Å²) in [7, 11) is 0. The number of aliphatic hydroxyl groups excluding tert-OH is 1. The average molecular weight is 498 g/mol. The number of hydrogen-bond donors (Lipinski definition) is 2. The molecule has 0 bridgehead atoms. The lowest BCUT2D eigenvalue weighted by Gasteiger charge is -2.34. The van der Waals surface area contributed by atoms with E-state index in [1.807, 2.05) is 6.07 Å². The molecule has 10 heteroatoms. The van der Waals surface area contributed by atoms with Gasteiger partial charge in [-0.05, 0) is 58.4 Å². The Morgan fingerprint density at radius 3 is 2.92 bits per heavy atom. The van der Waals surface area contributed by atoms with E-state index in [1.54, 1.807) is 6.20 Å². The van der Waals surface area contributed by atoms with Crippen molar-refractivity contribution in [2.24, 2.45) is 15.9 Å². The molecule has 4 aliphatic rings. The molecule has 4 aliphatic heterocycles. The molecular weight excluding hydrogens is 458 g/mol. The number of fused-ring (bicyclic) bond motifs is 1. The molecule has 0 aromatic carbocycles. The van der Waals surface area contributed by atoms with E-state index in [1.165, 1.54) is 0 Å². The fourth-order valence-electron chi connectivity index (χ4n) is 5.33. The molecule has 0 aliphatic carbocycles. The molecule has 5 heterocycles. The molecule has 0 radical (unpaired) electrons. The summed E-state index contributed by atoms with van der Waals surface area (Å²) >= 11 is 0. The maximum absolute atomic E-state index is 10.1. The lowest BCUT2D eigenvalue weighted by Crippen LogP contribution is -2.43. The second-order valence-electron chi connectivity index (χ2n) is 10.8. The van der Waals surface area contributed by atoms with Crippen molar-refractivity contribution in [1.82, 2.24) is 14.9 Å². The minimum Gasteiger partial charge on any atom is -0.393 e. The molecule has 0 amide bonds. The van der Waals surface area contributed by atoms with Gasteiger partial charge in [0.05, 0.1) is 18.3 Å². The first-order valence-electron chi connectivity index (χ1n) is 13.2. The number of piperidine rings is 1. The van der Waals surface area contributed by atoms with Crippen LogP contribution in [-0.2, 0) is 9.47 Å². The Hall–Kier alpha value is -2.56. The number of rotatable bonds is 6. The van der Waals surface area contributed by atoms with Crippen molar-refractivity contribution in [1.29, 1.82) is 0 Å². The number of aliphatic imine (C=N–C) groups is 2. The van der Waals surface area contributed by atoms with Crippen molar-refractivity contribution in [2.45, 2.75) is 77.4 Å². The summed E-state index contributed by atoms with van der Waals surface area (Å²) in [6, 6.07) is 2.09. The summed E-state index contributed by atoms with van der Waals surface area (Å²) in [6.07, 6.45) is 7.34. The lowest BCUT2D eigenvalue weighted by molar-refractivity contribution is -0.153. The fraction of sp³-hybridized carbons (Fsp3) is 0.692. The summed E-state index contributed by atoms with van der Waals surface area (Å²) in [4.78, 5) is 23.5. The number of nitrogens with zero attached hydrogens (tertiary/aromatic N) is 6. The number of ether oxygens (including phenoxy) is 2. The van der Waals surface area contributed by atoms with Crippen molar-refractivity contribution in [3.05, 3.63) is 24.0 Å². The molecule has 196 valence electrons. The van der Waals surface area contributed by atoms with Crippen LogP contribution >= 0.6 is 0 Å². The van der Waals surface area contributed by atoms with E-state index < -0.39 is 5.54 Å². The van der Waals surface area contributed by atoms with Crippen molar-refractivity contribution in [2.75, 3.05) is 43.1 Å². The SMILES string of the molecule is CC(C)N1C2=CC(Nc3ccnc(N4CC[C@H](O)[C@H](C)C4)n3)=NCC2(C)N=C1COC1CCCCO1. The van der Waals surface area contributed by atoms with Gasteiger partial charge in [0.25, 0.3) is 0 Å². The molecule has 1 aromatic heterocycles. The second kappa shape index (κ2) is 10.4. The first-order chi connectivity index (χ1) is 17.3. The van der Waals surface area contributed by atoms with Crippen LogP contribution in [0.3, 0.4) is 0 Å². The third-order valence-corrected chi connectivity index (χ3v) is 7.39. The van der Waals surface area contributed by atoms with E-state index in [2.05, 4.69) is 53.9 Å². The molecular formula is C26H39N7O3. The normalized spacial score (nSPS) is 30.6. The zero-order chi connectivity index (χ0) is 25.3. The predicted molar refractivity (Wildman–Crippen MR) is 140 cm³/mol. The summed E-state index contributed by atoms with van der Waals surface area (Å²) in [6.45, 7) is 11.8. The first-order valence-corrected chi connectivity index (χ1v) is 13.2. The Bertz CT molecular complexity index is 1040. The van der Waals surface area contributed by atoms with Gasteiger partial charge >= 0.3 is 0 Å². The fourth-order valence-corrected chi connectivity index (χ4v) is 5.33. The quantitative estimate of drug-likeness (QED) is 0.618. The Balaban J connectivity index is 1.29. The van der Waals surface area contributed by atoms with Crippen LogP contribution in [0.4, 0.5) is 11.8 Å². The highest BCUT2D eigenvalue weighted by Gasteiger charge is 2.43. The smallest absolute Gasteiger partial charge is 0.227 e. The largest absolute Gasteiger partial charge is 0.393 e. The standard InChI is InChI=1S/C26H39N7O3/c1-17(2)33-20-13-22(28-16-26(20,4)31-23(33)15-36-24-7-5-6-12-35-24)29-21-8-10-27-25(30-21)32-11-9-19(34)18(3)14-32/h8,10,13,17-19,24,34H,5-7,9,11-12,14-16H2,1-4H3,(H,27,28,29,30)/t18-,19+,24?,26?/m1/s1. The van der Waals surface area contributed by atoms with Crippen molar-refractivity contribution < 1.29 is 14.6 Å². The molecule has 1 aromatic rings. The van der Waals surface area contributed by atoms with Gasteiger partial charge in [0.15, 0.2) is 6.29 Å². The Morgan fingerprint density at radius 2 is 2.17 bits per heavy atom. The minimum absolute atomic E-state index is 0.147. The summed E-state index contributed by atoms with van der Waals surface area (Å²) in [5, 5.41) is 13.4. The Morgan fingerprint density at radius 1 is 1.31 bits per heavy atom. The monoisotopic (exact) mass is 497 g/mol. The Kier molecular flexibility index (Phi) is 7.28. The second-order valence-corrected chi connectivity index (χ2v) is 10.8. The van der Waals surface area contributed by atoms with Gasteiger partial charge < -0.3 is 29.7 Å². The van der Waals surface area contributed by atoms with Crippen molar-refractivity contribution >= 4 is 23.4 Å². The van der Waals surface area contributed by atoms with Crippen LogP contribution in [0, 0.1) is 5.92 Å². The van der Waals surface area contributed by atoms with Crippen molar-refractivity contribution in [3.8, 4) is 0 Å². The summed E-state index contributed by atoms with van der Waals surface area (Å²) in [5.41, 5.74) is 0.703. The molecule has 36 heavy (non-hydrogen) atoms. The van der Waals surface area contributed by atoms with Crippen LogP contribution < -0.4 is 10.2 Å². The number of aromatic nitrogens is 2. The van der Waals surface area contributed by atoms with E-state index >= 15 is 0 Å².